The summed E-state index contributed by atoms with van der Waals surface area (Å²) in [7, 11) is -3.27. The highest BCUT2D eigenvalue weighted by molar-refractivity contribution is 7.90. The first-order valence-electron chi connectivity index (χ1n) is 4.84. The zero-order valence-corrected chi connectivity index (χ0v) is 10.3. The fourth-order valence-electron chi connectivity index (χ4n) is 1.66. The molecule has 0 radical (unpaired) electrons. The number of carbonyl (C=O) groups is 1. The average molecular weight is 241 g/mol. The second kappa shape index (κ2) is 4.25. The molecule has 0 saturated heterocycles. The smallest absolute Gasteiger partial charge is 0.224 e. The number of sulfone groups is 1. The van der Waals surface area contributed by atoms with Gasteiger partial charge >= 0.3 is 0 Å². The van der Waals surface area contributed by atoms with E-state index in [0.29, 0.717) is 11.1 Å². The van der Waals surface area contributed by atoms with Crippen molar-refractivity contribution in [1.82, 2.24) is 0 Å². The Morgan fingerprint density at radius 2 is 1.94 bits per heavy atom. The average Bonchev–Trinajstić information content (AvgIpc) is 2.15. The molecule has 0 aliphatic rings. The quantitative estimate of drug-likeness (QED) is 0.857. The Hall–Kier alpha value is -1.36. The second-order valence-corrected chi connectivity index (χ2v) is 5.85. The number of hydrogen-bond donors (Lipinski definition) is 1. The zero-order valence-electron chi connectivity index (χ0n) is 9.52. The minimum Gasteiger partial charge on any atom is -0.369 e. The minimum atomic E-state index is -3.27. The second-order valence-electron chi connectivity index (χ2n) is 3.87. The molecule has 0 heterocycles. The summed E-state index contributed by atoms with van der Waals surface area (Å²) >= 11 is 0. The number of benzene rings is 1. The Morgan fingerprint density at radius 3 is 2.38 bits per heavy atom. The van der Waals surface area contributed by atoms with E-state index in [1.54, 1.807) is 26.0 Å². The van der Waals surface area contributed by atoms with E-state index < -0.39 is 21.7 Å². The third-order valence-electron chi connectivity index (χ3n) is 2.62. The van der Waals surface area contributed by atoms with Crippen LogP contribution in [0.3, 0.4) is 0 Å². The monoisotopic (exact) mass is 241 g/mol. The van der Waals surface area contributed by atoms with Crippen LogP contribution in [0.4, 0.5) is 0 Å². The van der Waals surface area contributed by atoms with Crippen molar-refractivity contribution in [2.24, 2.45) is 5.73 Å². The highest BCUT2D eigenvalue weighted by atomic mass is 32.2. The number of nitrogens with two attached hydrogens (primary N) is 1. The molecule has 88 valence electrons. The molecule has 2 N–H and O–H groups in total. The van der Waals surface area contributed by atoms with E-state index in [-0.39, 0.29) is 4.90 Å². The Balaban J connectivity index is 3.41. The van der Waals surface area contributed by atoms with E-state index in [1.165, 1.54) is 6.07 Å². The highest BCUT2D eigenvalue weighted by Crippen LogP contribution is 2.24. The fraction of sp³-hybridized carbons (Fsp3) is 0.364. The van der Waals surface area contributed by atoms with Crippen LogP contribution in [0.1, 0.15) is 24.0 Å². The van der Waals surface area contributed by atoms with Gasteiger partial charge in [0.25, 0.3) is 0 Å². The van der Waals surface area contributed by atoms with E-state index in [2.05, 4.69) is 0 Å². The van der Waals surface area contributed by atoms with Crippen LogP contribution in [0.25, 0.3) is 0 Å². The van der Waals surface area contributed by atoms with Gasteiger partial charge in [0, 0.05) is 6.26 Å². The minimum absolute atomic E-state index is 0.248. The van der Waals surface area contributed by atoms with Crippen molar-refractivity contribution in [2.45, 2.75) is 24.7 Å². The molecule has 0 bridgehead atoms. The summed E-state index contributed by atoms with van der Waals surface area (Å²) in [4.78, 5) is 11.3. The standard InChI is InChI=1S/C11H15NO3S/c1-7-9(8(2)11(12)13)5-4-6-10(7)16(3,14)15/h4-6,8H,1-3H3,(H2,12,13). The molecule has 0 aliphatic heterocycles. The summed E-state index contributed by atoms with van der Waals surface area (Å²) in [5.74, 6) is -0.949. The SMILES string of the molecule is Cc1c(C(C)C(N)=O)cccc1S(C)(=O)=O. The summed E-state index contributed by atoms with van der Waals surface area (Å²) in [6, 6.07) is 4.87. The van der Waals surface area contributed by atoms with Crippen molar-refractivity contribution in [1.29, 1.82) is 0 Å². The van der Waals surface area contributed by atoms with E-state index in [9.17, 15) is 13.2 Å². The third kappa shape index (κ3) is 2.41. The molecule has 16 heavy (non-hydrogen) atoms. The summed E-state index contributed by atoms with van der Waals surface area (Å²) < 4.78 is 23.0. The Morgan fingerprint density at radius 1 is 1.38 bits per heavy atom. The van der Waals surface area contributed by atoms with Gasteiger partial charge in [0.15, 0.2) is 9.84 Å². The predicted octanol–water partition coefficient (Wildman–Crippen LogP) is 0.987. The van der Waals surface area contributed by atoms with Crippen LogP contribution in [0.2, 0.25) is 0 Å². The molecule has 1 aromatic rings. The largest absolute Gasteiger partial charge is 0.369 e. The maximum absolute atomic E-state index is 11.5. The van der Waals surface area contributed by atoms with Crippen molar-refractivity contribution < 1.29 is 13.2 Å². The Kier molecular flexibility index (Phi) is 3.38. The van der Waals surface area contributed by atoms with Crippen LogP contribution in [0, 0.1) is 6.92 Å². The summed E-state index contributed by atoms with van der Waals surface area (Å²) in [6.45, 7) is 3.35. The van der Waals surface area contributed by atoms with Gasteiger partial charge in [-0.2, -0.15) is 0 Å². The van der Waals surface area contributed by atoms with E-state index >= 15 is 0 Å². The molecule has 1 aromatic carbocycles. The molecule has 0 aliphatic carbocycles. The van der Waals surface area contributed by atoms with Gasteiger partial charge in [-0.05, 0) is 31.0 Å². The van der Waals surface area contributed by atoms with Crippen molar-refractivity contribution >= 4 is 15.7 Å². The van der Waals surface area contributed by atoms with Crippen LogP contribution in [-0.4, -0.2) is 20.6 Å². The number of amides is 1. The molecule has 1 atom stereocenters. The van der Waals surface area contributed by atoms with Gasteiger partial charge in [-0.3, -0.25) is 4.79 Å². The topological polar surface area (TPSA) is 77.2 Å². The summed E-state index contributed by atoms with van der Waals surface area (Å²) in [6.07, 6.45) is 1.15. The normalized spacial score (nSPS) is 13.4. The fourth-order valence-corrected chi connectivity index (χ4v) is 2.66. The van der Waals surface area contributed by atoms with E-state index in [1.807, 2.05) is 0 Å². The molecular weight excluding hydrogens is 226 g/mol. The summed E-state index contributed by atoms with van der Waals surface area (Å²) in [5.41, 5.74) is 6.46. The van der Waals surface area contributed by atoms with Gasteiger partial charge in [-0.1, -0.05) is 12.1 Å². The number of rotatable bonds is 3. The van der Waals surface area contributed by atoms with Gasteiger partial charge in [0.1, 0.15) is 0 Å². The lowest BCUT2D eigenvalue weighted by Crippen LogP contribution is -2.20. The van der Waals surface area contributed by atoms with Crippen molar-refractivity contribution in [3.05, 3.63) is 29.3 Å². The van der Waals surface area contributed by atoms with Gasteiger partial charge in [-0.15, -0.1) is 0 Å². The molecule has 4 nitrogen and oxygen atoms in total. The molecule has 5 heteroatoms. The van der Waals surface area contributed by atoms with Crippen molar-refractivity contribution in [2.75, 3.05) is 6.26 Å². The molecule has 1 rings (SSSR count). The van der Waals surface area contributed by atoms with Crippen molar-refractivity contribution in [3.8, 4) is 0 Å². The van der Waals surface area contributed by atoms with Gasteiger partial charge in [-0.25, -0.2) is 8.42 Å². The molecule has 1 unspecified atom stereocenters. The Labute approximate surface area is 95.4 Å². The van der Waals surface area contributed by atoms with Crippen LogP contribution < -0.4 is 5.73 Å². The molecule has 0 aromatic heterocycles. The Bertz CT molecular complexity index is 520. The van der Waals surface area contributed by atoms with Crippen LogP contribution >= 0.6 is 0 Å². The lowest BCUT2D eigenvalue weighted by atomic mass is 9.96. The van der Waals surface area contributed by atoms with E-state index in [0.717, 1.165) is 6.26 Å². The maximum atomic E-state index is 11.5. The molecule has 0 spiro atoms. The molecule has 1 amide bonds. The van der Waals surface area contributed by atoms with Gasteiger partial charge in [0.05, 0.1) is 10.8 Å². The lowest BCUT2D eigenvalue weighted by molar-refractivity contribution is -0.119. The van der Waals surface area contributed by atoms with Crippen LogP contribution in [-0.2, 0) is 14.6 Å². The lowest BCUT2D eigenvalue weighted by Gasteiger charge is -2.13. The van der Waals surface area contributed by atoms with Crippen LogP contribution in [0.15, 0.2) is 23.1 Å². The zero-order chi connectivity index (χ0) is 12.5. The predicted molar refractivity (Wildman–Crippen MR) is 61.9 cm³/mol. The first-order chi connectivity index (χ1) is 7.25. The number of hydrogen-bond acceptors (Lipinski definition) is 3. The highest BCUT2D eigenvalue weighted by Gasteiger charge is 2.19. The number of carbonyl (C=O) groups excluding carboxylic acids is 1. The van der Waals surface area contributed by atoms with Gasteiger partial charge in [0.2, 0.25) is 5.91 Å². The first kappa shape index (κ1) is 12.7. The molecule has 0 saturated carbocycles. The first-order valence-corrected chi connectivity index (χ1v) is 6.73. The third-order valence-corrected chi connectivity index (χ3v) is 3.86. The maximum Gasteiger partial charge on any atom is 0.224 e. The number of primary amides is 1. The van der Waals surface area contributed by atoms with E-state index in [4.69, 9.17) is 5.73 Å². The van der Waals surface area contributed by atoms with Crippen LogP contribution in [0.5, 0.6) is 0 Å². The van der Waals surface area contributed by atoms with Crippen molar-refractivity contribution in [3.63, 3.8) is 0 Å². The summed E-state index contributed by atoms with van der Waals surface area (Å²) in [5, 5.41) is 0. The van der Waals surface area contributed by atoms with Gasteiger partial charge < -0.3 is 5.73 Å². The molecular formula is C11H15NO3S. The molecule has 0 fully saturated rings.